The predicted octanol–water partition coefficient (Wildman–Crippen LogP) is 2.65. The lowest BCUT2D eigenvalue weighted by Crippen LogP contribution is -2.46. The van der Waals surface area contributed by atoms with E-state index in [1.165, 1.54) is 19.3 Å². The molecule has 26 heavy (non-hydrogen) atoms. The maximum absolute atomic E-state index is 12.5. The normalized spacial score (nSPS) is 17.2. The fourth-order valence-electron chi connectivity index (χ4n) is 3.44. The molecule has 1 atom stereocenters. The molecule has 6 heteroatoms. The number of nitrogens with two attached hydrogens (primary N) is 1. The molecule has 3 amide bonds. The zero-order chi connectivity index (χ0) is 19.4. The molecule has 0 radical (unpaired) electrons. The van der Waals surface area contributed by atoms with E-state index < -0.39 is 11.9 Å². The molecule has 0 saturated heterocycles. The van der Waals surface area contributed by atoms with Crippen LogP contribution in [-0.4, -0.2) is 30.3 Å². The second-order valence-electron chi connectivity index (χ2n) is 7.95. The van der Waals surface area contributed by atoms with Gasteiger partial charge in [0.1, 0.15) is 6.04 Å². The fourth-order valence-corrected chi connectivity index (χ4v) is 3.44. The lowest BCUT2D eigenvalue weighted by atomic mass is 9.90. The lowest BCUT2D eigenvalue weighted by molar-refractivity contribution is -0.130. The summed E-state index contributed by atoms with van der Waals surface area (Å²) in [6.07, 6.45) is 10.1. The first-order chi connectivity index (χ1) is 12.4. The smallest absolute Gasteiger partial charge is 0.239 e. The van der Waals surface area contributed by atoms with Crippen molar-refractivity contribution >= 4 is 17.7 Å². The van der Waals surface area contributed by atoms with Gasteiger partial charge in [-0.2, -0.15) is 0 Å². The van der Waals surface area contributed by atoms with Crippen molar-refractivity contribution in [1.82, 2.24) is 10.6 Å². The van der Waals surface area contributed by atoms with Crippen molar-refractivity contribution in [3.8, 4) is 0 Å². The minimum atomic E-state index is -0.612. The predicted molar refractivity (Wildman–Crippen MR) is 103 cm³/mol. The number of unbranched alkanes of at least 4 members (excludes halogenated alkanes) is 1. The van der Waals surface area contributed by atoms with Crippen LogP contribution in [0.25, 0.3) is 0 Å². The molecule has 1 aliphatic carbocycles. The average molecular weight is 368 g/mol. The highest BCUT2D eigenvalue weighted by Crippen LogP contribution is 2.22. The summed E-state index contributed by atoms with van der Waals surface area (Å²) >= 11 is 0. The van der Waals surface area contributed by atoms with Crippen LogP contribution in [0.3, 0.4) is 0 Å². The second kappa shape index (κ2) is 12.7. The van der Waals surface area contributed by atoms with Gasteiger partial charge < -0.3 is 16.4 Å². The van der Waals surface area contributed by atoms with Gasteiger partial charge >= 0.3 is 0 Å². The third-order valence-corrected chi connectivity index (χ3v) is 4.97. The van der Waals surface area contributed by atoms with E-state index >= 15 is 0 Å². The van der Waals surface area contributed by atoms with Gasteiger partial charge in [0.2, 0.25) is 17.7 Å². The third-order valence-electron chi connectivity index (χ3n) is 4.97. The van der Waals surface area contributed by atoms with Crippen molar-refractivity contribution in [2.24, 2.45) is 17.6 Å². The molecule has 1 fully saturated rings. The topological polar surface area (TPSA) is 101 Å². The van der Waals surface area contributed by atoms with E-state index in [1.807, 2.05) is 13.8 Å². The van der Waals surface area contributed by atoms with E-state index in [2.05, 4.69) is 10.6 Å². The summed E-state index contributed by atoms with van der Waals surface area (Å²) < 4.78 is 0. The van der Waals surface area contributed by atoms with Crippen molar-refractivity contribution in [1.29, 1.82) is 0 Å². The fraction of sp³-hybridized carbons (Fsp3) is 0.850. The average Bonchev–Trinajstić information content (AvgIpc) is 2.51. The Morgan fingerprint density at radius 3 is 2.19 bits per heavy atom. The van der Waals surface area contributed by atoms with Gasteiger partial charge in [-0.15, -0.1) is 0 Å². The summed E-state index contributed by atoms with van der Waals surface area (Å²) in [5.41, 5.74) is 5.46. The Balaban J connectivity index is 2.30. The van der Waals surface area contributed by atoms with Crippen LogP contribution in [0.1, 0.15) is 84.5 Å². The van der Waals surface area contributed by atoms with Crippen LogP contribution in [0.4, 0.5) is 0 Å². The van der Waals surface area contributed by atoms with Crippen molar-refractivity contribution in [3.63, 3.8) is 0 Å². The Hall–Kier alpha value is -1.59. The quantitative estimate of drug-likeness (QED) is 0.517. The molecule has 1 rings (SSSR count). The molecule has 0 spiro atoms. The summed E-state index contributed by atoms with van der Waals surface area (Å²) in [6.45, 7) is 4.61. The number of nitrogens with one attached hydrogen (secondary N) is 2. The van der Waals surface area contributed by atoms with Gasteiger partial charge in [0.15, 0.2) is 0 Å². The highest BCUT2D eigenvalue weighted by molar-refractivity contribution is 5.87. The molecular weight excluding hydrogens is 330 g/mol. The maximum Gasteiger partial charge on any atom is 0.239 e. The van der Waals surface area contributed by atoms with Crippen LogP contribution < -0.4 is 16.4 Å². The Kier molecular flexibility index (Phi) is 11.0. The molecule has 1 saturated carbocycles. The number of rotatable bonds is 10. The van der Waals surface area contributed by atoms with Crippen LogP contribution in [-0.2, 0) is 14.4 Å². The summed E-state index contributed by atoms with van der Waals surface area (Å²) in [7, 11) is 0. The largest absolute Gasteiger partial charge is 0.368 e. The zero-order valence-corrected chi connectivity index (χ0v) is 16.5. The van der Waals surface area contributed by atoms with E-state index in [0.717, 1.165) is 38.5 Å². The summed E-state index contributed by atoms with van der Waals surface area (Å²) in [6, 6.07) is -0.612. The summed E-state index contributed by atoms with van der Waals surface area (Å²) in [5.74, 6) is -0.0942. The van der Waals surface area contributed by atoms with E-state index in [4.69, 9.17) is 5.73 Å². The first kappa shape index (κ1) is 22.5. The van der Waals surface area contributed by atoms with Crippen LogP contribution in [0.15, 0.2) is 0 Å². The van der Waals surface area contributed by atoms with Gasteiger partial charge in [-0.1, -0.05) is 46.0 Å². The number of carbonyl (C=O) groups is 3. The standard InChI is InChI=1S/C20H37N3O3/c1-15(2)14-18(24)22-13-9-8-12-17(19(21)25)23-20(26)16-10-6-4-3-5-7-11-16/h15-17H,3-14H2,1-2H3,(H2,21,25)(H,22,24)(H,23,26)/t17-/m0/s1. The van der Waals surface area contributed by atoms with Crippen LogP contribution in [0.2, 0.25) is 0 Å². The van der Waals surface area contributed by atoms with Gasteiger partial charge in [-0.3, -0.25) is 14.4 Å². The van der Waals surface area contributed by atoms with Gasteiger partial charge in [0.25, 0.3) is 0 Å². The second-order valence-corrected chi connectivity index (χ2v) is 7.95. The third kappa shape index (κ3) is 9.78. The molecule has 0 aromatic rings. The van der Waals surface area contributed by atoms with Gasteiger partial charge in [0.05, 0.1) is 0 Å². The summed E-state index contributed by atoms with van der Waals surface area (Å²) in [4.78, 5) is 35.7. The van der Waals surface area contributed by atoms with Gasteiger partial charge in [-0.25, -0.2) is 0 Å². The number of primary amides is 1. The molecular formula is C20H37N3O3. The van der Waals surface area contributed by atoms with Crippen molar-refractivity contribution < 1.29 is 14.4 Å². The molecule has 6 nitrogen and oxygen atoms in total. The SMILES string of the molecule is CC(C)CC(=O)NCCCC[C@H](NC(=O)C1CCCCCCC1)C(N)=O. The number of amides is 3. The molecule has 0 aromatic heterocycles. The Labute approximate surface area is 158 Å². The van der Waals surface area contributed by atoms with Crippen LogP contribution >= 0.6 is 0 Å². The minimum absolute atomic E-state index is 0.00692. The van der Waals surface area contributed by atoms with E-state index in [9.17, 15) is 14.4 Å². The Bertz CT molecular complexity index is 444. The number of hydrogen-bond acceptors (Lipinski definition) is 3. The monoisotopic (exact) mass is 367 g/mol. The van der Waals surface area contributed by atoms with Crippen LogP contribution in [0, 0.1) is 11.8 Å². The minimum Gasteiger partial charge on any atom is -0.368 e. The van der Waals surface area contributed by atoms with Crippen molar-refractivity contribution in [3.05, 3.63) is 0 Å². The van der Waals surface area contributed by atoms with E-state index in [-0.39, 0.29) is 17.7 Å². The molecule has 0 aliphatic heterocycles. The molecule has 0 unspecified atom stereocenters. The van der Waals surface area contributed by atoms with E-state index in [0.29, 0.717) is 25.3 Å². The first-order valence-electron chi connectivity index (χ1n) is 10.3. The number of carbonyl (C=O) groups excluding carboxylic acids is 3. The molecule has 0 heterocycles. The Morgan fingerprint density at radius 2 is 1.62 bits per heavy atom. The number of hydrogen-bond donors (Lipinski definition) is 3. The molecule has 0 bridgehead atoms. The van der Waals surface area contributed by atoms with Crippen LogP contribution in [0.5, 0.6) is 0 Å². The summed E-state index contributed by atoms with van der Waals surface area (Å²) in [5, 5.41) is 5.74. The van der Waals surface area contributed by atoms with Gasteiger partial charge in [-0.05, 0) is 38.0 Å². The Morgan fingerprint density at radius 1 is 1.00 bits per heavy atom. The van der Waals surface area contributed by atoms with Gasteiger partial charge in [0, 0.05) is 18.9 Å². The molecule has 4 N–H and O–H groups in total. The maximum atomic E-state index is 12.5. The van der Waals surface area contributed by atoms with Crippen molar-refractivity contribution in [2.45, 2.75) is 90.5 Å². The zero-order valence-electron chi connectivity index (χ0n) is 16.5. The molecule has 1 aliphatic rings. The van der Waals surface area contributed by atoms with E-state index in [1.54, 1.807) is 0 Å². The molecule has 150 valence electrons. The first-order valence-corrected chi connectivity index (χ1v) is 10.3. The highest BCUT2D eigenvalue weighted by Gasteiger charge is 2.24. The van der Waals surface area contributed by atoms with Crippen molar-refractivity contribution in [2.75, 3.05) is 6.54 Å². The highest BCUT2D eigenvalue weighted by atomic mass is 16.2. The molecule has 0 aromatic carbocycles. The lowest BCUT2D eigenvalue weighted by Gasteiger charge is -2.22.